The molecule has 3 saturated heterocycles. The van der Waals surface area contributed by atoms with Gasteiger partial charge >= 0.3 is 11.8 Å². The van der Waals surface area contributed by atoms with Gasteiger partial charge in [0.1, 0.15) is 0 Å². The lowest BCUT2D eigenvalue weighted by molar-refractivity contribution is -0.151. The smallest absolute Gasteiger partial charge is 0.312 e. The number of carbonyl (C=O) groups excluding carboxylic acids is 2. The summed E-state index contributed by atoms with van der Waals surface area (Å²) in [6.07, 6.45) is 8.74. The molecule has 34 heavy (non-hydrogen) atoms. The number of nitrogens with one attached hydrogen (secondary N) is 2. The van der Waals surface area contributed by atoms with Gasteiger partial charge in [0.15, 0.2) is 0 Å². The van der Waals surface area contributed by atoms with Crippen LogP contribution in [0.2, 0.25) is 0 Å². The van der Waals surface area contributed by atoms with Crippen molar-refractivity contribution in [1.29, 1.82) is 0 Å². The summed E-state index contributed by atoms with van der Waals surface area (Å²) in [6.45, 7) is 10.4. The number of piperazine rings is 1. The molecule has 0 bridgehead atoms. The summed E-state index contributed by atoms with van der Waals surface area (Å²) in [5.74, 6) is 0.552. The van der Waals surface area contributed by atoms with E-state index < -0.39 is 5.91 Å². The number of hydrogen-bond acceptors (Lipinski definition) is 6. The van der Waals surface area contributed by atoms with E-state index in [0.717, 1.165) is 25.7 Å². The van der Waals surface area contributed by atoms with Crippen LogP contribution < -0.4 is 16.4 Å². The molecule has 194 valence electrons. The van der Waals surface area contributed by atoms with Gasteiger partial charge in [0.2, 0.25) is 0 Å². The first-order valence-electron chi connectivity index (χ1n) is 13.9. The van der Waals surface area contributed by atoms with E-state index in [2.05, 4.69) is 41.3 Å². The maximum absolute atomic E-state index is 13.4. The Morgan fingerprint density at radius 2 is 1.74 bits per heavy atom. The summed E-state index contributed by atoms with van der Waals surface area (Å²) in [6, 6.07) is 0.877. The van der Waals surface area contributed by atoms with Crippen molar-refractivity contribution in [3.8, 4) is 0 Å². The number of rotatable bonds is 4. The molecule has 8 heteroatoms. The van der Waals surface area contributed by atoms with E-state index in [-0.39, 0.29) is 24.2 Å². The van der Waals surface area contributed by atoms with Gasteiger partial charge in [0.05, 0.1) is 6.17 Å². The van der Waals surface area contributed by atoms with E-state index in [1.165, 1.54) is 51.9 Å². The van der Waals surface area contributed by atoms with Gasteiger partial charge < -0.3 is 20.9 Å². The van der Waals surface area contributed by atoms with Crippen molar-refractivity contribution in [2.45, 2.75) is 89.5 Å². The van der Waals surface area contributed by atoms with Crippen LogP contribution in [0.4, 0.5) is 0 Å². The molecule has 3 unspecified atom stereocenters. The van der Waals surface area contributed by atoms with E-state index in [1.807, 2.05) is 4.90 Å². The molecular weight excluding hydrogens is 428 g/mol. The molecule has 3 heterocycles. The van der Waals surface area contributed by atoms with Gasteiger partial charge in [-0.15, -0.1) is 0 Å². The number of nitrogens with two attached hydrogens (primary N) is 1. The average molecular weight is 477 g/mol. The Morgan fingerprint density at radius 1 is 1.03 bits per heavy atom. The Balaban J connectivity index is 1.32. The number of likely N-dealkylation sites (N-methyl/N-ethyl adjacent to an activating group) is 1. The summed E-state index contributed by atoms with van der Waals surface area (Å²) < 4.78 is 0. The van der Waals surface area contributed by atoms with E-state index in [0.29, 0.717) is 36.9 Å². The Hall–Kier alpha value is -1.22. The summed E-state index contributed by atoms with van der Waals surface area (Å²) in [4.78, 5) is 33.5. The maximum atomic E-state index is 13.4. The zero-order valence-electron chi connectivity index (χ0n) is 21.7. The minimum absolute atomic E-state index is 0.0258. The third kappa shape index (κ3) is 6.12. The molecule has 8 nitrogen and oxygen atoms in total. The molecule has 4 fully saturated rings. The van der Waals surface area contributed by atoms with Gasteiger partial charge in [0, 0.05) is 57.4 Å². The highest BCUT2D eigenvalue weighted by molar-refractivity contribution is 6.35. The molecule has 4 rings (SSSR count). The van der Waals surface area contributed by atoms with Crippen LogP contribution in [-0.2, 0) is 9.59 Å². The monoisotopic (exact) mass is 476 g/mol. The quantitative estimate of drug-likeness (QED) is 0.528. The summed E-state index contributed by atoms with van der Waals surface area (Å²) in [5.41, 5.74) is 6.13. The normalized spacial score (nSPS) is 38.5. The van der Waals surface area contributed by atoms with E-state index >= 15 is 0 Å². The van der Waals surface area contributed by atoms with Gasteiger partial charge in [-0.05, 0) is 69.7 Å². The third-order valence-corrected chi connectivity index (χ3v) is 9.21. The topological polar surface area (TPSA) is 93.9 Å². The highest BCUT2D eigenvalue weighted by Gasteiger charge is 2.40. The van der Waals surface area contributed by atoms with Crippen molar-refractivity contribution < 1.29 is 9.59 Å². The highest BCUT2D eigenvalue weighted by atomic mass is 16.2. The predicted molar refractivity (Wildman–Crippen MR) is 135 cm³/mol. The Bertz CT molecular complexity index is 689. The zero-order chi connectivity index (χ0) is 24.2. The molecule has 2 amide bonds. The molecular formula is C26H48N6O2. The zero-order valence-corrected chi connectivity index (χ0v) is 21.7. The molecule has 4 N–H and O–H groups in total. The van der Waals surface area contributed by atoms with Crippen LogP contribution in [0.15, 0.2) is 0 Å². The van der Waals surface area contributed by atoms with Crippen molar-refractivity contribution in [2.75, 3.05) is 46.3 Å². The van der Waals surface area contributed by atoms with Crippen molar-refractivity contribution in [3.05, 3.63) is 0 Å². The summed E-state index contributed by atoms with van der Waals surface area (Å²) in [7, 11) is 2.21. The van der Waals surface area contributed by atoms with Crippen LogP contribution in [0.3, 0.4) is 0 Å². The molecule has 0 aromatic rings. The molecule has 3 aliphatic heterocycles. The molecule has 5 atom stereocenters. The van der Waals surface area contributed by atoms with Crippen LogP contribution in [0.5, 0.6) is 0 Å². The number of carbonyl (C=O) groups is 2. The number of piperidine rings is 2. The van der Waals surface area contributed by atoms with Gasteiger partial charge in [0.25, 0.3) is 0 Å². The van der Waals surface area contributed by atoms with Crippen LogP contribution in [0.25, 0.3) is 0 Å². The first-order chi connectivity index (χ1) is 16.4. The van der Waals surface area contributed by atoms with Crippen molar-refractivity contribution in [3.63, 3.8) is 0 Å². The number of likely N-dealkylation sites (tertiary alicyclic amines) is 1. The molecule has 0 aromatic carbocycles. The fourth-order valence-corrected chi connectivity index (χ4v) is 6.88. The average Bonchev–Trinajstić information content (AvgIpc) is 2.85. The largest absolute Gasteiger partial charge is 0.344 e. The van der Waals surface area contributed by atoms with Crippen molar-refractivity contribution >= 4 is 11.8 Å². The first kappa shape index (κ1) is 25.9. The van der Waals surface area contributed by atoms with Gasteiger partial charge in [-0.25, -0.2) is 0 Å². The maximum Gasteiger partial charge on any atom is 0.312 e. The lowest BCUT2D eigenvalue weighted by Crippen LogP contribution is -2.60. The van der Waals surface area contributed by atoms with E-state index in [9.17, 15) is 9.59 Å². The molecule has 0 spiro atoms. The molecule has 4 aliphatic rings. The standard InChI is InChI=1S/C26H48N6O2/c1-4-19-15-21(16-28-24(19)27)29-25(33)26(34)32-17-18(2)5-10-23(32)20-6-8-22(9-7-20)31-13-11-30(3)12-14-31/h18-24,28H,4-17,27H2,1-3H3,(H,29,33)/t18-,19?,20?,21?,22?,23+,24?/m0/s1. The second-order valence-electron chi connectivity index (χ2n) is 11.6. The van der Waals surface area contributed by atoms with Crippen molar-refractivity contribution in [1.82, 2.24) is 25.3 Å². The molecule has 1 aliphatic carbocycles. The van der Waals surface area contributed by atoms with Crippen LogP contribution >= 0.6 is 0 Å². The lowest BCUT2D eigenvalue weighted by atomic mass is 9.76. The first-order valence-corrected chi connectivity index (χ1v) is 13.9. The van der Waals surface area contributed by atoms with Crippen molar-refractivity contribution in [2.24, 2.45) is 23.5 Å². The Labute approximate surface area is 206 Å². The van der Waals surface area contributed by atoms with Crippen LogP contribution in [0, 0.1) is 17.8 Å². The Kier molecular flexibility index (Phi) is 8.88. The molecule has 0 radical (unpaired) electrons. The minimum Gasteiger partial charge on any atom is -0.344 e. The number of hydrogen-bond donors (Lipinski definition) is 3. The minimum atomic E-state index is -0.428. The number of amides is 2. The second-order valence-corrected chi connectivity index (χ2v) is 11.6. The van der Waals surface area contributed by atoms with E-state index in [4.69, 9.17) is 5.73 Å². The van der Waals surface area contributed by atoms with Gasteiger partial charge in [-0.1, -0.05) is 20.3 Å². The number of nitrogens with zero attached hydrogens (tertiary/aromatic N) is 3. The predicted octanol–water partition coefficient (Wildman–Crippen LogP) is 1.21. The summed E-state index contributed by atoms with van der Waals surface area (Å²) >= 11 is 0. The fourth-order valence-electron chi connectivity index (χ4n) is 6.88. The SMILES string of the molecule is CCC1CC(NC(=O)C(=O)N2C[C@@H](C)CC[C@@H]2C2CCC(N3CCN(C)CC3)CC2)CNC1N. The van der Waals surface area contributed by atoms with E-state index in [1.54, 1.807) is 0 Å². The van der Waals surface area contributed by atoms with Crippen LogP contribution in [0.1, 0.15) is 65.2 Å². The fraction of sp³-hybridized carbons (Fsp3) is 0.923. The Morgan fingerprint density at radius 3 is 2.41 bits per heavy atom. The molecule has 0 aromatic heterocycles. The highest BCUT2D eigenvalue weighted by Crippen LogP contribution is 2.36. The lowest BCUT2D eigenvalue weighted by Gasteiger charge is -2.46. The second kappa shape index (κ2) is 11.7. The van der Waals surface area contributed by atoms with Gasteiger partial charge in [-0.3, -0.25) is 19.8 Å². The summed E-state index contributed by atoms with van der Waals surface area (Å²) in [5, 5.41) is 6.32. The van der Waals surface area contributed by atoms with Crippen LogP contribution in [-0.4, -0.2) is 97.1 Å². The third-order valence-electron chi connectivity index (χ3n) is 9.21. The van der Waals surface area contributed by atoms with Gasteiger partial charge in [-0.2, -0.15) is 0 Å². The molecule has 1 saturated carbocycles.